The number of alkyl carbamates (subject to hydrolysis) is 1. The molecule has 0 radical (unpaired) electrons. The largest absolute Gasteiger partial charge is 0.444 e. The minimum Gasteiger partial charge on any atom is -0.444 e. The molecule has 0 bridgehead atoms. The van der Waals surface area contributed by atoms with E-state index in [2.05, 4.69) is 10.6 Å². The highest BCUT2D eigenvalue weighted by molar-refractivity contribution is 6.01. The Morgan fingerprint density at radius 3 is 2.39 bits per heavy atom. The predicted molar refractivity (Wildman–Crippen MR) is 120 cm³/mol. The number of ether oxygens (including phenoxy) is 1. The molecule has 3 aromatic rings. The Morgan fingerprint density at radius 1 is 0.968 bits per heavy atom. The first-order valence-corrected chi connectivity index (χ1v) is 10.1. The summed E-state index contributed by atoms with van der Waals surface area (Å²) in [6, 6.07) is 19.7. The van der Waals surface area contributed by atoms with Crippen LogP contribution in [-0.2, 0) is 4.74 Å². The van der Waals surface area contributed by atoms with Crippen LogP contribution >= 0.6 is 0 Å². The number of fused-ring (bicyclic) bond motifs is 1. The quantitative estimate of drug-likeness (QED) is 0.571. The van der Waals surface area contributed by atoms with Gasteiger partial charge in [0.15, 0.2) is 6.29 Å². The van der Waals surface area contributed by atoms with Crippen LogP contribution in [0.1, 0.15) is 53.1 Å². The molecule has 6 nitrogen and oxygen atoms in total. The molecule has 31 heavy (non-hydrogen) atoms. The minimum atomic E-state index is -0.634. The van der Waals surface area contributed by atoms with E-state index in [-0.39, 0.29) is 12.1 Å². The molecule has 0 saturated heterocycles. The number of nitrogens with one attached hydrogen (secondary N) is 2. The summed E-state index contributed by atoms with van der Waals surface area (Å²) in [6.07, 6.45) is 0.0844. The van der Waals surface area contributed by atoms with Crippen LogP contribution in [0.4, 0.5) is 4.79 Å². The van der Waals surface area contributed by atoms with E-state index in [1.807, 2.05) is 42.5 Å². The van der Waals surface area contributed by atoms with E-state index in [9.17, 15) is 14.4 Å². The van der Waals surface area contributed by atoms with E-state index in [1.54, 1.807) is 45.0 Å². The molecule has 0 fully saturated rings. The normalized spacial score (nSPS) is 12.1. The summed E-state index contributed by atoms with van der Waals surface area (Å²) in [6.45, 7) is 5.48. The third-order valence-corrected chi connectivity index (χ3v) is 4.69. The summed E-state index contributed by atoms with van der Waals surface area (Å²) >= 11 is 0. The summed E-state index contributed by atoms with van der Waals surface area (Å²) < 4.78 is 5.33. The standard InChI is InChI=1S/C25H26N2O4/c1-25(2,3)31-24(30)26-15-22(21-14-8-11-17-9-4-6-12-19(17)21)27-23(29)20-13-7-5-10-18(20)16-28/h4-14,16,22H,15H2,1-3H3,(H,26,30)(H,27,29). The van der Waals surface area contributed by atoms with E-state index < -0.39 is 23.6 Å². The molecule has 1 atom stereocenters. The summed E-state index contributed by atoms with van der Waals surface area (Å²) in [5, 5.41) is 7.69. The van der Waals surface area contributed by atoms with Gasteiger partial charge in [-0.25, -0.2) is 4.79 Å². The molecular formula is C25H26N2O4. The van der Waals surface area contributed by atoms with Gasteiger partial charge in [0.2, 0.25) is 0 Å². The van der Waals surface area contributed by atoms with Gasteiger partial charge in [0.25, 0.3) is 5.91 Å². The first kappa shape index (κ1) is 22.0. The highest BCUT2D eigenvalue weighted by Gasteiger charge is 2.22. The molecule has 0 aliphatic rings. The average Bonchev–Trinajstić information content (AvgIpc) is 2.75. The maximum Gasteiger partial charge on any atom is 0.407 e. The Morgan fingerprint density at radius 2 is 1.65 bits per heavy atom. The van der Waals surface area contributed by atoms with Crippen molar-refractivity contribution in [2.45, 2.75) is 32.4 Å². The van der Waals surface area contributed by atoms with Gasteiger partial charge in [-0.3, -0.25) is 9.59 Å². The first-order valence-electron chi connectivity index (χ1n) is 10.1. The van der Waals surface area contributed by atoms with Crippen LogP contribution in [0, 0.1) is 0 Å². The summed E-state index contributed by atoms with van der Waals surface area (Å²) in [5.41, 5.74) is 0.799. The number of carbonyl (C=O) groups is 3. The fraction of sp³-hybridized carbons (Fsp3) is 0.240. The van der Waals surface area contributed by atoms with Crippen LogP contribution in [-0.4, -0.2) is 30.4 Å². The Balaban J connectivity index is 1.91. The van der Waals surface area contributed by atoms with E-state index in [0.717, 1.165) is 16.3 Å². The fourth-order valence-electron chi connectivity index (χ4n) is 3.34. The molecule has 0 aliphatic heterocycles. The predicted octanol–water partition coefficient (Wildman–Crippen LogP) is 4.65. The molecule has 1 unspecified atom stereocenters. The van der Waals surface area contributed by atoms with Crippen LogP contribution in [0.15, 0.2) is 66.7 Å². The van der Waals surface area contributed by atoms with Crippen LogP contribution in [0.25, 0.3) is 10.8 Å². The number of rotatable bonds is 6. The second-order valence-corrected chi connectivity index (χ2v) is 8.18. The lowest BCUT2D eigenvalue weighted by molar-refractivity contribution is 0.0520. The molecule has 2 N–H and O–H groups in total. The first-order chi connectivity index (χ1) is 14.8. The topological polar surface area (TPSA) is 84.5 Å². The Kier molecular flexibility index (Phi) is 6.70. The zero-order valence-electron chi connectivity index (χ0n) is 17.8. The van der Waals surface area contributed by atoms with Crippen LogP contribution < -0.4 is 10.6 Å². The summed E-state index contributed by atoms with van der Waals surface area (Å²) in [7, 11) is 0. The van der Waals surface area contributed by atoms with Gasteiger partial charge in [0.1, 0.15) is 5.60 Å². The lowest BCUT2D eigenvalue weighted by Gasteiger charge is -2.24. The lowest BCUT2D eigenvalue weighted by Crippen LogP contribution is -2.40. The number of aldehydes is 1. The third-order valence-electron chi connectivity index (χ3n) is 4.69. The van der Waals surface area contributed by atoms with Gasteiger partial charge in [-0.15, -0.1) is 0 Å². The number of amides is 2. The van der Waals surface area contributed by atoms with Gasteiger partial charge in [0.05, 0.1) is 6.04 Å². The van der Waals surface area contributed by atoms with E-state index in [4.69, 9.17) is 4.74 Å². The molecule has 0 aliphatic carbocycles. The zero-order chi connectivity index (χ0) is 22.4. The van der Waals surface area contributed by atoms with Crippen LogP contribution in [0.2, 0.25) is 0 Å². The number of hydrogen-bond donors (Lipinski definition) is 2. The van der Waals surface area contributed by atoms with E-state index in [0.29, 0.717) is 11.8 Å². The van der Waals surface area contributed by atoms with Crippen LogP contribution in [0.3, 0.4) is 0 Å². The monoisotopic (exact) mass is 418 g/mol. The van der Waals surface area contributed by atoms with Gasteiger partial charge in [-0.05, 0) is 43.2 Å². The Bertz CT molecular complexity index is 1100. The van der Waals surface area contributed by atoms with Crippen molar-refractivity contribution in [2.24, 2.45) is 0 Å². The zero-order valence-corrected chi connectivity index (χ0v) is 17.8. The third kappa shape index (κ3) is 5.69. The molecule has 0 aromatic heterocycles. The molecule has 2 amide bonds. The Labute approximate surface area is 181 Å². The molecular weight excluding hydrogens is 392 g/mol. The van der Waals surface area contributed by atoms with Gasteiger partial charge >= 0.3 is 6.09 Å². The highest BCUT2D eigenvalue weighted by Crippen LogP contribution is 2.25. The van der Waals surface area contributed by atoms with Gasteiger partial charge < -0.3 is 15.4 Å². The van der Waals surface area contributed by atoms with Crippen molar-refractivity contribution in [3.63, 3.8) is 0 Å². The maximum atomic E-state index is 13.0. The summed E-state index contributed by atoms with van der Waals surface area (Å²) in [5.74, 6) is -0.397. The molecule has 0 saturated carbocycles. The molecule has 0 heterocycles. The van der Waals surface area contributed by atoms with Crippen molar-refractivity contribution in [2.75, 3.05) is 6.54 Å². The average molecular weight is 418 g/mol. The number of benzene rings is 3. The van der Waals surface area contributed by atoms with Crippen molar-refractivity contribution in [1.29, 1.82) is 0 Å². The van der Waals surface area contributed by atoms with Crippen molar-refractivity contribution >= 4 is 29.1 Å². The second kappa shape index (κ2) is 9.43. The van der Waals surface area contributed by atoms with Crippen molar-refractivity contribution in [3.05, 3.63) is 83.4 Å². The Hall–Kier alpha value is -3.67. The van der Waals surface area contributed by atoms with E-state index in [1.165, 1.54) is 0 Å². The van der Waals surface area contributed by atoms with Gasteiger partial charge in [-0.2, -0.15) is 0 Å². The SMILES string of the molecule is CC(C)(C)OC(=O)NCC(NC(=O)c1ccccc1C=O)c1cccc2ccccc12. The summed E-state index contributed by atoms with van der Waals surface area (Å²) in [4.78, 5) is 36.6. The molecule has 3 rings (SSSR count). The number of hydrogen-bond acceptors (Lipinski definition) is 4. The van der Waals surface area contributed by atoms with E-state index >= 15 is 0 Å². The molecule has 0 spiro atoms. The fourth-order valence-corrected chi connectivity index (χ4v) is 3.34. The second-order valence-electron chi connectivity index (χ2n) is 8.18. The smallest absolute Gasteiger partial charge is 0.407 e. The molecule has 160 valence electrons. The van der Waals surface area contributed by atoms with Crippen molar-refractivity contribution in [3.8, 4) is 0 Å². The number of carbonyl (C=O) groups excluding carboxylic acids is 3. The molecule has 6 heteroatoms. The van der Waals surface area contributed by atoms with Gasteiger partial charge in [0, 0.05) is 17.7 Å². The van der Waals surface area contributed by atoms with Crippen molar-refractivity contribution in [1.82, 2.24) is 10.6 Å². The van der Waals surface area contributed by atoms with Crippen LogP contribution in [0.5, 0.6) is 0 Å². The lowest BCUT2D eigenvalue weighted by atomic mass is 9.98. The van der Waals surface area contributed by atoms with Crippen molar-refractivity contribution < 1.29 is 19.1 Å². The highest BCUT2D eigenvalue weighted by atomic mass is 16.6. The van der Waals surface area contributed by atoms with Gasteiger partial charge in [-0.1, -0.05) is 60.7 Å². The maximum absolute atomic E-state index is 13.0. The molecule has 3 aromatic carbocycles. The minimum absolute atomic E-state index is 0.123.